The SMILES string of the molecule is Cc1cc(C)c(NC(c2cccc(-c3ccccc3)n2)c2ccccc2-c2ccccc2)c(C)c1. The standard InChI is InChI=1S/C33H30N2/c1-23-21-24(2)32(25(3)22-23)35-33(29-18-11-10-17-28(29)26-13-6-4-7-14-26)31-20-12-19-30(34-31)27-15-8-5-9-16-27/h4-22,33,35H,1-3H3. The topological polar surface area (TPSA) is 24.9 Å². The average molecular weight is 455 g/mol. The molecule has 1 heterocycles. The van der Waals surface area contributed by atoms with Crippen LogP contribution in [0.3, 0.4) is 0 Å². The molecule has 0 aliphatic carbocycles. The van der Waals surface area contributed by atoms with Crippen molar-refractivity contribution in [2.24, 2.45) is 0 Å². The van der Waals surface area contributed by atoms with Crippen LogP contribution in [0.5, 0.6) is 0 Å². The second kappa shape index (κ2) is 9.99. The van der Waals surface area contributed by atoms with E-state index >= 15 is 0 Å². The predicted octanol–water partition coefficient (Wildman–Crippen LogP) is 8.54. The van der Waals surface area contributed by atoms with Crippen LogP contribution in [-0.4, -0.2) is 4.98 Å². The predicted molar refractivity (Wildman–Crippen MR) is 148 cm³/mol. The molecule has 2 nitrogen and oxygen atoms in total. The van der Waals surface area contributed by atoms with Crippen molar-refractivity contribution < 1.29 is 0 Å². The summed E-state index contributed by atoms with van der Waals surface area (Å²) in [5.74, 6) is 0. The smallest absolute Gasteiger partial charge is 0.0946 e. The second-order valence-corrected chi connectivity index (χ2v) is 9.12. The van der Waals surface area contributed by atoms with Crippen molar-refractivity contribution in [3.8, 4) is 22.4 Å². The first-order chi connectivity index (χ1) is 17.1. The molecule has 0 saturated heterocycles. The Bertz CT molecular complexity index is 1420. The minimum absolute atomic E-state index is 0.116. The maximum atomic E-state index is 5.17. The lowest BCUT2D eigenvalue weighted by Gasteiger charge is -2.26. The van der Waals surface area contributed by atoms with Gasteiger partial charge in [0.1, 0.15) is 0 Å². The number of hydrogen-bond donors (Lipinski definition) is 1. The van der Waals surface area contributed by atoms with Crippen LogP contribution in [0.15, 0.2) is 115 Å². The van der Waals surface area contributed by atoms with Crippen molar-refractivity contribution in [2.45, 2.75) is 26.8 Å². The van der Waals surface area contributed by atoms with Crippen LogP contribution in [0, 0.1) is 20.8 Å². The molecule has 0 aliphatic heterocycles. The summed E-state index contributed by atoms with van der Waals surface area (Å²) in [5, 5.41) is 3.90. The molecule has 1 aromatic heterocycles. The summed E-state index contributed by atoms with van der Waals surface area (Å²) in [5.41, 5.74) is 11.6. The van der Waals surface area contributed by atoms with Gasteiger partial charge < -0.3 is 5.32 Å². The maximum absolute atomic E-state index is 5.17. The van der Waals surface area contributed by atoms with Crippen molar-refractivity contribution in [3.05, 3.63) is 143 Å². The number of anilines is 1. The van der Waals surface area contributed by atoms with E-state index in [4.69, 9.17) is 4.98 Å². The van der Waals surface area contributed by atoms with E-state index in [1.165, 1.54) is 33.4 Å². The molecule has 0 radical (unpaired) electrons. The Hall–Kier alpha value is -4.17. The van der Waals surface area contributed by atoms with Gasteiger partial charge in [0.2, 0.25) is 0 Å². The van der Waals surface area contributed by atoms with Crippen molar-refractivity contribution in [2.75, 3.05) is 5.32 Å². The number of rotatable bonds is 6. The van der Waals surface area contributed by atoms with E-state index in [1.54, 1.807) is 0 Å². The number of aromatic nitrogens is 1. The summed E-state index contributed by atoms with van der Waals surface area (Å²) in [6, 6.07) is 40.3. The fraction of sp³-hybridized carbons (Fsp3) is 0.121. The minimum Gasteiger partial charge on any atom is -0.372 e. The summed E-state index contributed by atoms with van der Waals surface area (Å²) >= 11 is 0. The fourth-order valence-corrected chi connectivity index (χ4v) is 4.87. The van der Waals surface area contributed by atoms with E-state index in [9.17, 15) is 0 Å². The molecule has 1 atom stereocenters. The van der Waals surface area contributed by atoms with Crippen LogP contribution in [-0.2, 0) is 0 Å². The van der Waals surface area contributed by atoms with Crippen molar-refractivity contribution in [3.63, 3.8) is 0 Å². The van der Waals surface area contributed by atoms with E-state index < -0.39 is 0 Å². The molecule has 0 spiro atoms. The number of benzene rings is 4. The molecule has 172 valence electrons. The van der Waals surface area contributed by atoms with Crippen molar-refractivity contribution >= 4 is 5.69 Å². The molecular formula is C33H30N2. The third-order valence-electron chi connectivity index (χ3n) is 6.46. The first kappa shape index (κ1) is 22.6. The Morgan fingerprint density at radius 2 is 1.20 bits per heavy atom. The summed E-state index contributed by atoms with van der Waals surface area (Å²) in [4.78, 5) is 5.17. The van der Waals surface area contributed by atoms with E-state index in [-0.39, 0.29) is 6.04 Å². The summed E-state index contributed by atoms with van der Waals surface area (Å²) in [6.45, 7) is 6.50. The molecule has 0 amide bonds. The van der Waals surface area contributed by atoms with Gasteiger partial charge in [-0.2, -0.15) is 0 Å². The van der Waals surface area contributed by atoms with E-state index in [1.807, 2.05) is 6.07 Å². The van der Waals surface area contributed by atoms with Gasteiger partial charge in [0.15, 0.2) is 0 Å². The molecule has 1 N–H and O–H groups in total. The highest BCUT2D eigenvalue weighted by Crippen LogP contribution is 2.36. The van der Waals surface area contributed by atoms with Gasteiger partial charge in [-0.15, -0.1) is 0 Å². The maximum Gasteiger partial charge on any atom is 0.0946 e. The zero-order chi connectivity index (χ0) is 24.2. The zero-order valence-corrected chi connectivity index (χ0v) is 20.5. The first-order valence-corrected chi connectivity index (χ1v) is 12.1. The number of nitrogens with zero attached hydrogens (tertiary/aromatic N) is 1. The third kappa shape index (κ3) is 4.88. The minimum atomic E-state index is -0.116. The van der Waals surface area contributed by atoms with Crippen LogP contribution in [0.25, 0.3) is 22.4 Å². The van der Waals surface area contributed by atoms with Gasteiger partial charge in [0, 0.05) is 11.3 Å². The largest absolute Gasteiger partial charge is 0.372 e. The molecule has 5 rings (SSSR count). The molecule has 0 fully saturated rings. The molecule has 0 saturated carbocycles. The van der Waals surface area contributed by atoms with E-state index in [0.29, 0.717) is 0 Å². The van der Waals surface area contributed by atoms with Gasteiger partial charge in [-0.25, -0.2) is 0 Å². The van der Waals surface area contributed by atoms with Gasteiger partial charge in [0.25, 0.3) is 0 Å². The first-order valence-electron chi connectivity index (χ1n) is 12.1. The Balaban J connectivity index is 1.68. The van der Waals surface area contributed by atoms with Gasteiger partial charge in [-0.05, 0) is 60.7 Å². The monoisotopic (exact) mass is 454 g/mol. The highest BCUT2D eigenvalue weighted by atomic mass is 15.0. The summed E-state index contributed by atoms with van der Waals surface area (Å²) in [6.07, 6.45) is 0. The van der Waals surface area contributed by atoms with Crippen LogP contribution < -0.4 is 5.32 Å². The number of pyridine rings is 1. The molecule has 1 unspecified atom stereocenters. The Kier molecular flexibility index (Phi) is 6.45. The molecular weight excluding hydrogens is 424 g/mol. The van der Waals surface area contributed by atoms with Crippen LogP contribution in [0.2, 0.25) is 0 Å². The van der Waals surface area contributed by atoms with Crippen molar-refractivity contribution in [1.82, 2.24) is 4.98 Å². The highest BCUT2D eigenvalue weighted by molar-refractivity contribution is 5.71. The lowest BCUT2D eigenvalue weighted by molar-refractivity contribution is 0.886. The Labute approximate surface area is 208 Å². The van der Waals surface area contributed by atoms with Gasteiger partial charge in [-0.3, -0.25) is 4.98 Å². The van der Waals surface area contributed by atoms with E-state index in [2.05, 4.69) is 135 Å². The normalized spacial score (nSPS) is 11.7. The third-order valence-corrected chi connectivity index (χ3v) is 6.46. The highest BCUT2D eigenvalue weighted by Gasteiger charge is 2.21. The molecule has 2 heteroatoms. The Morgan fingerprint density at radius 3 is 1.89 bits per heavy atom. The van der Waals surface area contributed by atoms with E-state index in [0.717, 1.165) is 22.6 Å². The lowest BCUT2D eigenvalue weighted by atomic mass is 9.92. The van der Waals surface area contributed by atoms with Crippen LogP contribution >= 0.6 is 0 Å². The number of hydrogen-bond acceptors (Lipinski definition) is 2. The quantitative estimate of drug-likeness (QED) is 0.278. The molecule has 0 bridgehead atoms. The zero-order valence-electron chi connectivity index (χ0n) is 20.5. The molecule has 0 aliphatic rings. The Morgan fingerprint density at radius 1 is 0.600 bits per heavy atom. The number of nitrogens with one attached hydrogen (secondary N) is 1. The number of aryl methyl sites for hydroxylation is 3. The van der Waals surface area contributed by atoms with Crippen molar-refractivity contribution in [1.29, 1.82) is 0 Å². The lowest BCUT2D eigenvalue weighted by Crippen LogP contribution is -2.17. The summed E-state index contributed by atoms with van der Waals surface area (Å²) in [7, 11) is 0. The molecule has 35 heavy (non-hydrogen) atoms. The second-order valence-electron chi connectivity index (χ2n) is 9.12. The van der Waals surface area contributed by atoms with Gasteiger partial charge in [-0.1, -0.05) is 109 Å². The average Bonchev–Trinajstić information content (AvgIpc) is 2.89. The summed E-state index contributed by atoms with van der Waals surface area (Å²) < 4.78 is 0. The molecule has 4 aromatic carbocycles. The molecule has 5 aromatic rings. The van der Waals surface area contributed by atoms with Crippen LogP contribution in [0.4, 0.5) is 5.69 Å². The van der Waals surface area contributed by atoms with Gasteiger partial charge in [0.05, 0.1) is 17.4 Å². The van der Waals surface area contributed by atoms with Crippen LogP contribution in [0.1, 0.15) is 34.0 Å². The van der Waals surface area contributed by atoms with Gasteiger partial charge >= 0.3 is 0 Å². The fourth-order valence-electron chi connectivity index (χ4n) is 4.87.